The van der Waals surface area contributed by atoms with Crippen LogP contribution in [-0.4, -0.2) is 104 Å². The molecule has 3 saturated heterocycles. The van der Waals surface area contributed by atoms with E-state index in [2.05, 4.69) is 47.8 Å². The summed E-state index contributed by atoms with van der Waals surface area (Å²) in [5.41, 5.74) is 6.08. The number of fused-ring (bicyclic) bond motifs is 3. The van der Waals surface area contributed by atoms with Crippen LogP contribution in [0.5, 0.6) is 0 Å². The molecule has 0 spiro atoms. The molecule has 1 unspecified atom stereocenters. The molecule has 7 heterocycles. The zero-order valence-electron chi connectivity index (χ0n) is 29.3. The molecule has 4 aliphatic rings. The summed E-state index contributed by atoms with van der Waals surface area (Å²) >= 11 is 0. The summed E-state index contributed by atoms with van der Waals surface area (Å²) in [5.74, 6) is 1.20. The lowest BCUT2D eigenvalue weighted by Gasteiger charge is -2.43. The van der Waals surface area contributed by atoms with Crippen molar-refractivity contribution in [3.8, 4) is 11.3 Å². The number of rotatable bonds is 8. The largest absolute Gasteiger partial charge is 0.381 e. The lowest BCUT2D eigenvalue weighted by Crippen LogP contribution is -2.53. The zero-order valence-corrected chi connectivity index (χ0v) is 29.3. The summed E-state index contributed by atoms with van der Waals surface area (Å²) < 4.78 is 25.7. The average Bonchev–Trinajstić information content (AvgIpc) is 3.89. The molecule has 1 aliphatic carbocycles. The van der Waals surface area contributed by atoms with Crippen LogP contribution in [0.2, 0.25) is 0 Å². The number of nitrogens with zero attached hydrogens (tertiary/aromatic N) is 9. The second kappa shape index (κ2) is 13.3. The molecule has 50 heavy (non-hydrogen) atoms. The molecule has 4 aromatic heterocycles. The normalized spacial score (nSPS) is 21.1. The Morgan fingerprint density at radius 2 is 1.62 bits per heavy atom. The van der Waals surface area contributed by atoms with E-state index >= 15 is 4.39 Å². The molecule has 0 amide bonds. The van der Waals surface area contributed by atoms with E-state index in [1.54, 1.807) is 16.8 Å². The van der Waals surface area contributed by atoms with Crippen molar-refractivity contribution in [2.75, 3.05) is 57.4 Å². The molecule has 262 valence electrons. The Balaban J connectivity index is 1.11. The first kappa shape index (κ1) is 32.0. The van der Waals surface area contributed by atoms with Gasteiger partial charge in [0.15, 0.2) is 0 Å². The van der Waals surface area contributed by atoms with Crippen LogP contribution in [0.4, 0.5) is 10.2 Å². The van der Waals surface area contributed by atoms with Crippen molar-refractivity contribution in [3.63, 3.8) is 0 Å². The Labute approximate surface area is 293 Å². The number of hydrogen-bond donors (Lipinski definition) is 0. The molecule has 3 aliphatic heterocycles. The SMILES string of the molecule is Cc1nnn(C)c1-c1cnc2c3ccc(N4CCN(C5CCN(C6CC6)CC5)CC4)nc3n(C(CC3CCOCC3)c3ccccc3F)c2c1. The minimum Gasteiger partial charge on any atom is -0.381 e. The van der Waals surface area contributed by atoms with Gasteiger partial charge in [-0.15, -0.1) is 5.10 Å². The summed E-state index contributed by atoms with van der Waals surface area (Å²) in [6, 6.07) is 15.1. The molecule has 4 fully saturated rings. The third kappa shape index (κ3) is 5.96. The van der Waals surface area contributed by atoms with Gasteiger partial charge < -0.3 is 19.1 Å². The fourth-order valence-electron chi connectivity index (χ4n) is 9.03. The van der Waals surface area contributed by atoms with Crippen molar-refractivity contribution in [2.45, 2.75) is 70.0 Å². The molecule has 11 heteroatoms. The Morgan fingerprint density at radius 1 is 0.880 bits per heavy atom. The fraction of sp³-hybridized carbons (Fsp3) is 0.538. The first-order valence-corrected chi connectivity index (χ1v) is 18.7. The van der Waals surface area contributed by atoms with E-state index in [4.69, 9.17) is 14.7 Å². The smallest absolute Gasteiger partial charge is 0.145 e. The number of hydrogen-bond acceptors (Lipinski definition) is 8. The third-order valence-corrected chi connectivity index (χ3v) is 11.9. The Hall–Kier alpha value is -3.93. The van der Waals surface area contributed by atoms with Gasteiger partial charge in [0.2, 0.25) is 0 Å². The maximum atomic E-state index is 15.9. The quantitative estimate of drug-likeness (QED) is 0.199. The highest BCUT2D eigenvalue weighted by Crippen LogP contribution is 2.40. The predicted molar refractivity (Wildman–Crippen MR) is 194 cm³/mol. The van der Waals surface area contributed by atoms with Gasteiger partial charge in [-0.25, -0.2) is 14.1 Å². The third-order valence-electron chi connectivity index (χ3n) is 11.9. The van der Waals surface area contributed by atoms with Crippen molar-refractivity contribution in [1.82, 2.24) is 39.3 Å². The van der Waals surface area contributed by atoms with Crippen molar-refractivity contribution in [3.05, 3.63) is 65.7 Å². The van der Waals surface area contributed by atoms with Crippen LogP contribution in [0.15, 0.2) is 48.7 Å². The highest BCUT2D eigenvalue weighted by molar-refractivity contribution is 6.05. The number of likely N-dealkylation sites (tertiary alicyclic amines) is 1. The van der Waals surface area contributed by atoms with Gasteiger partial charge >= 0.3 is 0 Å². The number of benzene rings is 1. The number of piperazine rings is 1. The van der Waals surface area contributed by atoms with Crippen molar-refractivity contribution in [2.24, 2.45) is 13.0 Å². The number of aromatic nitrogens is 6. The van der Waals surface area contributed by atoms with Gasteiger partial charge in [-0.2, -0.15) is 0 Å². The van der Waals surface area contributed by atoms with Crippen LogP contribution in [0, 0.1) is 18.7 Å². The second-order valence-corrected chi connectivity index (χ2v) is 15.0. The molecule has 1 aromatic carbocycles. The summed E-state index contributed by atoms with van der Waals surface area (Å²) in [6.45, 7) is 9.99. The maximum absolute atomic E-state index is 15.9. The lowest BCUT2D eigenvalue weighted by molar-refractivity contribution is 0.0608. The highest BCUT2D eigenvalue weighted by Gasteiger charge is 2.35. The first-order chi connectivity index (χ1) is 24.5. The van der Waals surface area contributed by atoms with Crippen LogP contribution in [0.3, 0.4) is 0 Å². The second-order valence-electron chi connectivity index (χ2n) is 15.0. The summed E-state index contributed by atoms with van der Waals surface area (Å²) in [5, 5.41) is 9.57. The topological polar surface area (TPSA) is 80.4 Å². The molecular weight excluding hydrogens is 629 g/mol. The van der Waals surface area contributed by atoms with Crippen LogP contribution in [0.1, 0.15) is 62.2 Å². The zero-order chi connectivity index (χ0) is 33.8. The minimum absolute atomic E-state index is 0.189. The average molecular weight is 678 g/mol. The molecule has 0 bridgehead atoms. The molecule has 1 atom stereocenters. The Kier molecular flexibility index (Phi) is 8.53. The van der Waals surface area contributed by atoms with Crippen LogP contribution >= 0.6 is 0 Å². The highest BCUT2D eigenvalue weighted by atomic mass is 19.1. The number of halogens is 1. The number of piperidine rings is 1. The molecule has 1 saturated carbocycles. The Morgan fingerprint density at radius 3 is 2.34 bits per heavy atom. The lowest BCUT2D eigenvalue weighted by atomic mass is 9.89. The van der Waals surface area contributed by atoms with Crippen LogP contribution in [-0.2, 0) is 11.8 Å². The van der Waals surface area contributed by atoms with E-state index in [0.717, 1.165) is 110 Å². The maximum Gasteiger partial charge on any atom is 0.145 e. The minimum atomic E-state index is -0.261. The van der Waals surface area contributed by atoms with Gasteiger partial charge in [0.25, 0.3) is 0 Å². The van der Waals surface area contributed by atoms with Crippen molar-refractivity contribution in [1.29, 1.82) is 0 Å². The summed E-state index contributed by atoms with van der Waals surface area (Å²) in [4.78, 5) is 18.4. The van der Waals surface area contributed by atoms with Crippen LogP contribution < -0.4 is 4.90 Å². The Bertz CT molecular complexity index is 1960. The predicted octanol–water partition coefficient (Wildman–Crippen LogP) is 5.98. The van der Waals surface area contributed by atoms with Gasteiger partial charge in [-0.1, -0.05) is 23.4 Å². The summed E-state index contributed by atoms with van der Waals surface area (Å²) in [6.07, 6.45) is 10.0. The van der Waals surface area contributed by atoms with Gasteiger partial charge in [-0.05, 0) is 95.1 Å². The first-order valence-electron chi connectivity index (χ1n) is 18.7. The molecule has 5 aromatic rings. The molecule has 0 radical (unpaired) electrons. The van der Waals surface area contributed by atoms with Crippen molar-refractivity contribution < 1.29 is 9.13 Å². The molecule has 0 N–H and O–H groups in total. The molecular formula is C39H48FN9O. The van der Waals surface area contributed by atoms with Gasteiger partial charge in [-0.3, -0.25) is 9.88 Å². The number of ether oxygens (including phenoxy) is 1. The number of anilines is 1. The molecule has 9 rings (SSSR count). The van der Waals surface area contributed by atoms with E-state index in [1.165, 1.54) is 38.8 Å². The van der Waals surface area contributed by atoms with Gasteiger partial charge in [0, 0.05) is 81.2 Å². The van der Waals surface area contributed by atoms with Gasteiger partial charge in [0.05, 0.1) is 28.5 Å². The number of pyridine rings is 2. The van der Waals surface area contributed by atoms with Crippen molar-refractivity contribution >= 4 is 27.9 Å². The monoisotopic (exact) mass is 677 g/mol. The van der Waals surface area contributed by atoms with E-state index in [0.29, 0.717) is 17.5 Å². The summed E-state index contributed by atoms with van der Waals surface area (Å²) in [7, 11) is 1.91. The number of aryl methyl sites for hydroxylation is 2. The van der Waals surface area contributed by atoms with Gasteiger partial charge in [0.1, 0.15) is 17.3 Å². The van der Waals surface area contributed by atoms with E-state index < -0.39 is 0 Å². The van der Waals surface area contributed by atoms with E-state index in [-0.39, 0.29) is 11.9 Å². The van der Waals surface area contributed by atoms with Crippen LogP contribution in [0.25, 0.3) is 33.3 Å². The van der Waals surface area contributed by atoms with E-state index in [1.807, 2.05) is 32.3 Å². The standard InChI is InChI=1S/C39H48FN9O/c1-26-38(45(2)44-43-26)28-24-35-37(41-25-28)32-9-10-36(48-19-17-47(18-20-48)30-11-15-46(16-12-30)29-7-8-29)42-39(32)49(35)34(23-27-13-21-50-22-14-27)31-5-3-4-6-33(31)40/h3-6,9-10,24-25,27,29-30,34H,7-8,11-23H2,1-2H3. The van der Waals surface area contributed by atoms with E-state index in [9.17, 15) is 0 Å². The molecule has 10 nitrogen and oxygen atoms in total. The fourth-order valence-corrected chi connectivity index (χ4v) is 9.03.